The SMILES string of the molecule is O=C(COc1cccc(C(F)(F)F)c1)NNC(=O)c1ccc2ccccc2n1. The third-order valence-electron chi connectivity index (χ3n) is 3.68. The van der Waals surface area contributed by atoms with Crippen LogP contribution in [-0.2, 0) is 11.0 Å². The highest BCUT2D eigenvalue weighted by atomic mass is 19.4. The molecular weight excluding hydrogens is 375 g/mol. The number of hydrazine groups is 1. The maximum Gasteiger partial charge on any atom is 0.416 e. The van der Waals surface area contributed by atoms with Crippen LogP contribution in [0.1, 0.15) is 16.1 Å². The summed E-state index contributed by atoms with van der Waals surface area (Å²) in [6.07, 6.45) is -4.51. The number of benzene rings is 2. The molecule has 0 aliphatic rings. The monoisotopic (exact) mass is 389 g/mol. The van der Waals surface area contributed by atoms with Gasteiger partial charge in [0.05, 0.1) is 11.1 Å². The third kappa shape index (κ3) is 4.76. The van der Waals surface area contributed by atoms with Gasteiger partial charge in [-0.2, -0.15) is 13.2 Å². The quantitative estimate of drug-likeness (QED) is 0.672. The fourth-order valence-electron chi connectivity index (χ4n) is 2.33. The molecule has 1 aromatic heterocycles. The lowest BCUT2D eigenvalue weighted by molar-refractivity contribution is -0.137. The minimum absolute atomic E-state index is 0.0952. The Hall–Kier alpha value is -3.62. The number of carbonyl (C=O) groups is 2. The average molecular weight is 389 g/mol. The van der Waals surface area contributed by atoms with Crippen LogP contribution in [0, 0.1) is 0 Å². The van der Waals surface area contributed by atoms with Gasteiger partial charge >= 0.3 is 6.18 Å². The lowest BCUT2D eigenvalue weighted by Gasteiger charge is -2.11. The molecule has 2 aromatic carbocycles. The fraction of sp³-hybridized carbons (Fsp3) is 0.105. The first-order valence-electron chi connectivity index (χ1n) is 8.08. The molecule has 6 nitrogen and oxygen atoms in total. The van der Waals surface area contributed by atoms with E-state index < -0.39 is 30.2 Å². The highest BCUT2D eigenvalue weighted by molar-refractivity contribution is 5.95. The molecule has 0 fully saturated rings. The van der Waals surface area contributed by atoms with Gasteiger partial charge in [-0.15, -0.1) is 0 Å². The van der Waals surface area contributed by atoms with Crippen LogP contribution in [0.5, 0.6) is 5.75 Å². The van der Waals surface area contributed by atoms with Gasteiger partial charge in [0.2, 0.25) is 0 Å². The molecule has 3 aromatic rings. The number of nitrogens with zero attached hydrogens (tertiary/aromatic N) is 1. The van der Waals surface area contributed by atoms with Crippen molar-refractivity contribution >= 4 is 22.7 Å². The van der Waals surface area contributed by atoms with E-state index in [1.807, 2.05) is 12.1 Å². The Morgan fingerprint density at radius 2 is 1.75 bits per heavy atom. The van der Waals surface area contributed by atoms with Crippen molar-refractivity contribution in [2.75, 3.05) is 6.61 Å². The number of hydrogen-bond acceptors (Lipinski definition) is 4. The largest absolute Gasteiger partial charge is 0.484 e. The normalized spacial score (nSPS) is 11.1. The van der Waals surface area contributed by atoms with E-state index in [9.17, 15) is 22.8 Å². The zero-order valence-electron chi connectivity index (χ0n) is 14.3. The highest BCUT2D eigenvalue weighted by Gasteiger charge is 2.30. The summed E-state index contributed by atoms with van der Waals surface area (Å²) in [5.74, 6) is -1.50. The summed E-state index contributed by atoms with van der Waals surface area (Å²) >= 11 is 0. The Labute approximate surface area is 157 Å². The molecule has 9 heteroatoms. The first-order valence-corrected chi connectivity index (χ1v) is 8.08. The van der Waals surface area contributed by atoms with E-state index in [4.69, 9.17) is 4.74 Å². The number of carbonyl (C=O) groups excluding carboxylic acids is 2. The van der Waals surface area contributed by atoms with E-state index in [0.29, 0.717) is 5.52 Å². The van der Waals surface area contributed by atoms with Crippen LogP contribution < -0.4 is 15.6 Å². The molecule has 28 heavy (non-hydrogen) atoms. The second-order valence-corrected chi connectivity index (χ2v) is 5.71. The van der Waals surface area contributed by atoms with Crippen molar-refractivity contribution in [2.24, 2.45) is 0 Å². The van der Waals surface area contributed by atoms with Crippen molar-refractivity contribution in [3.05, 3.63) is 71.9 Å². The lowest BCUT2D eigenvalue weighted by Crippen LogP contribution is -2.44. The summed E-state index contributed by atoms with van der Waals surface area (Å²) in [5.41, 5.74) is 4.12. The summed E-state index contributed by atoms with van der Waals surface area (Å²) < 4.78 is 43.0. The smallest absolute Gasteiger partial charge is 0.416 e. The van der Waals surface area contributed by atoms with Gasteiger partial charge in [0.25, 0.3) is 11.8 Å². The van der Waals surface area contributed by atoms with Gasteiger partial charge in [0, 0.05) is 5.39 Å². The fourth-order valence-corrected chi connectivity index (χ4v) is 2.33. The Morgan fingerprint density at radius 1 is 0.964 bits per heavy atom. The molecule has 0 radical (unpaired) electrons. The molecule has 0 aliphatic heterocycles. The van der Waals surface area contributed by atoms with Crippen LogP contribution in [0.15, 0.2) is 60.7 Å². The zero-order chi connectivity index (χ0) is 20.1. The van der Waals surface area contributed by atoms with E-state index in [2.05, 4.69) is 15.8 Å². The number of hydrogen-bond donors (Lipinski definition) is 2. The number of ether oxygens (including phenoxy) is 1. The van der Waals surface area contributed by atoms with E-state index in [1.165, 1.54) is 18.2 Å². The molecule has 0 unspecified atom stereocenters. The second-order valence-electron chi connectivity index (χ2n) is 5.71. The molecule has 0 spiro atoms. The van der Waals surface area contributed by atoms with Crippen molar-refractivity contribution < 1.29 is 27.5 Å². The minimum atomic E-state index is -4.51. The van der Waals surface area contributed by atoms with Crippen molar-refractivity contribution in [3.8, 4) is 5.75 Å². The first kappa shape index (κ1) is 19.2. The van der Waals surface area contributed by atoms with Gasteiger partial charge in [-0.1, -0.05) is 30.3 Å². The second kappa shape index (κ2) is 7.95. The van der Waals surface area contributed by atoms with Gasteiger partial charge in [-0.25, -0.2) is 4.98 Å². The number of halogens is 3. The number of rotatable bonds is 4. The number of aromatic nitrogens is 1. The van der Waals surface area contributed by atoms with Gasteiger partial charge in [-0.3, -0.25) is 20.4 Å². The van der Waals surface area contributed by atoms with Crippen LogP contribution in [0.4, 0.5) is 13.2 Å². The molecular formula is C19H14F3N3O3. The van der Waals surface area contributed by atoms with Crippen molar-refractivity contribution in [2.45, 2.75) is 6.18 Å². The Morgan fingerprint density at radius 3 is 2.54 bits per heavy atom. The molecule has 0 saturated carbocycles. The Kier molecular flexibility index (Phi) is 5.44. The van der Waals surface area contributed by atoms with Gasteiger partial charge in [-0.05, 0) is 30.3 Å². The summed E-state index contributed by atoms with van der Waals surface area (Å²) in [4.78, 5) is 28.0. The molecule has 144 valence electrons. The topological polar surface area (TPSA) is 80.3 Å². The first-order chi connectivity index (χ1) is 13.3. The van der Waals surface area contributed by atoms with Crippen LogP contribution in [0.25, 0.3) is 10.9 Å². The average Bonchev–Trinajstić information content (AvgIpc) is 2.69. The third-order valence-corrected chi connectivity index (χ3v) is 3.68. The van der Waals surface area contributed by atoms with Crippen LogP contribution in [-0.4, -0.2) is 23.4 Å². The Bertz CT molecular complexity index is 1020. The van der Waals surface area contributed by atoms with E-state index in [-0.39, 0.29) is 11.4 Å². The van der Waals surface area contributed by atoms with Gasteiger partial charge in [0.15, 0.2) is 6.61 Å². The van der Waals surface area contributed by atoms with Crippen LogP contribution in [0.2, 0.25) is 0 Å². The summed E-state index contributed by atoms with van der Waals surface area (Å²) in [5, 5.41) is 0.859. The summed E-state index contributed by atoms with van der Waals surface area (Å²) in [7, 11) is 0. The lowest BCUT2D eigenvalue weighted by atomic mass is 10.2. The number of pyridine rings is 1. The highest BCUT2D eigenvalue weighted by Crippen LogP contribution is 2.31. The molecule has 1 heterocycles. The predicted molar refractivity (Wildman–Crippen MR) is 94.3 cm³/mol. The summed E-state index contributed by atoms with van der Waals surface area (Å²) in [6.45, 7) is -0.577. The van der Waals surface area contributed by atoms with Crippen molar-refractivity contribution in [3.63, 3.8) is 0 Å². The maximum atomic E-state index is 12.6. The number of alkyl halides is 3. The number of amides is 2. The van der Waals surface area contributed by atoms with E-state index in [1.54, 1.807) is 18.2 Å². The zero-order valence-corrected chi connectivity index (χ0v) is 14.3. The maximum absolute atomic E-state index is 12.6. The standard InChI is InChI=1S/C19H14F3N3O3/c20-19(21,22)13-5-3-6-14(10-13)28-11-17(26)24-25-18(27)16-9-8-12-4-1-2-7-15(12)23-16/h1-10H,11H2,(H,24,26)(H,25,27). The van der Waals surface area contributed by atoms with Crippen molar-refractivity contribution in [1.29, 1.82) is 0 Å². The summed E-state index contributed by atoms with van der Waals surface area (Å²) in [6, 6.07) is 14.6. The molecule has 0 atom stereocenters. The van der Waals surface area contributed by atoms with Crippen molar-refractivity contribution in [1.82, 2.24) is 15.8 Å². The van der Waals surface area contributed by atoms with Gasteiger partial charge < -0.3 is 4.74 Å². The minimum Gasteiger partial charge on any atom is -0.484 e. The predicted octanol–water partition coefficient (Wildman–Crippen LogP) is 3.09. The molecule has 0 bridgehead atoms. The van der Waals surface area contributed by atoms with Crippen LogP contribution >= 0.6 is 0 Å². The number of nitrogens with one attached hydrogen (secondary N) is 2. The van der Waals surface area contributed by atoms with E-state index >= 15 is 0 Å². The number of para-hydroxylation sites is 1. The van der Waals surface area contributed by atoms with E-state index in [0.717, 1.165) is 17.5 Å². The van der Waals surface area contributed by atoms with Gasteiger partial charge in [0.1, 0.15) is 11.4 Å². The molecule has 2 N–H and O–H groups in total. The molecule has 2 amide bonds. The number of fused-ring (bicyclic) bond motifs is 1. The molecule has 0 aliphatic carbocycles. The molecule has 3 rings (SSSR count). The molecule has 0 saturated heterocycles. The Balaban J connectivity index is 1.53. The van der Waals surface area contributed by atoms with Crippen LogP contribution in [0.3, 0.4) is 0 Å².